The molecule has 1 aromatic rings. The molecular weight excluding hydrogens is 410 g/mol. The molecule has 2 fully saturated rings. The van der Waals surface area contributed by atoms with E-state index in [4.69, 9.17) is 4.74 Å². The summed E-state index contributed by atoms with van der Waals surface area (Å²) < 4.78 is 33.6. The maximum atomic E-state index is 12.7. The van der Waals surface area contributed by atoms with Gasteiger partial charge < -0.3 is 20.3 Å². The van der Waals surface area contributed by atoms with Crippen molar-refractivity contribution in [1.29, 1.82) is 0 Å². The number of nitrogens with zero attached hydrogens (tertiary/aromatic N) is 3. The summed E-state index contributed by atoms with van der Waals surface area (Å²) in [5.74, 6) is -0.199. The lowest BCUT2D eigenvalue weighted by Crippen LogP contribution is -2.56. The molecule has 11 heteroatoms. The molecule has 0 saturated carbocycles. The number of piperazine rings is 1. The number of ether oxygens (including phenoxy) is 1. The lowest BCUT2D eigenvalue weighted by atomic mass is 10.1. The van der Waals surface area contributed by atoms with Crippen molar-refractivity contribution in [3.05, 3.63) is 29.3 Å². The number of carbonyl (C=O) groups excluding carboxylic acids is 2. The lowest BCUT2D eigenvalue weighted by molar-refractivity contribution is 0.0691. The van der Waals surface area contributed by atoms with Crippen molar-refractivity contribution in [3.8, 4) is 0 Å². The van der Waals surface area contributed by atoms with Crippen molar-refractivity contribution in [1.82, 2.24) is 18.8 Å². The number of urea groups is 1. The highest BCUT2D eigenvalue weighted by Gasteiger charge is 2.34. The van der Waals surface area contributed by atoms with Crippen LogP contribution in [0.5, 0.6) is 0 Å². The van der Waals surface area contributed by atoms with Crippen molar-refractivity contribution in [2.75, 3.05) is 64.3 Å². The fourth-order valence-corrected chi connectivity index (χ4v) is 4.98. The Morgan fingerprint density at radius 3 is 2.30 bits per heavy atom. The summed E-state index contributed by atoms with van der Waals surface area (Å²) in [4.78, 5) is 26.3. The molecular formula is C19H29N5O5S. The van der Waals surface area contributed by atoms with Crippen molar-refractivity contribution in [2.24, 2.45) is 0 Å². The van der Waals surface area contributed by atoms with Crippen LogP contribution in [0.3, 0.4) is 0 Å². The Kier molecular flexibility index (Phi) is 7.29. The van der Waals surface area contributed by atoms with Crippen LogP contribution in [-0.2, 0) is 14.9 Å². The normalized spacial score (nSPS) is 18.8. The Morgan fingerprint density at radius 1 is 1.03 bits per heavy atom. The van der Waals surface area contributed by atoms with Crippen LogP contribution in [0.1, 0.15) is 22.8 Å². The number of anilines is 1. The van der Waals surface area contributed by atoms with Gasteiger partial charge in [-0.05, 0) is 31.5 Å². The first-order valence-corrected chi connectivity index (χ1v) is 11.5. The quantitative estimate of drug-likeness (QED) is 0.693. The van der Waals surface area contributed by atoms with Crippen LogP contribution in [0.25, 0.3) is 0 Å². The number of benzene rings is 1. The number of amides is 3. The van der Waals surface area contributed by atoms with E-state index >= 15 is 0 Å². The summed E-state index contributed by atoms with van der Waals surface area (Å²) in [5.41, 5.74) is 1.87. The van der Waals surface area contributed by atoms with Crippen molar-refractivity contribution in [2.45, 2.75) is 13.8 Å². The third-order valence-corrected chi connectivity index (χ3v) is 7.26. The van der Waals surface area contributed by atoms with Crippen LogP contribution >= 0.6 is 0 Å². The molecule has 0 aromatic heterocycles. The molecule has 0 bridgehead atoms. The van der Waals surface area contributed by atoms with E-state index in [0.29, 0.717) is 57.2 Å². The standard InChI is InChI=1S/C19H29N5O5S/c1-3-20-18(25)16-5-4-15(2)17(14-16)21-19(26)22-6-8-23(9-7-22)30(27,28)24-10-12-29-13-11-24/h4-5,14H,3,6-13H2,1-2H3,(H,20,25)(H,21,26). The molecule has 3 amide bonds. The van der Waals surface area contributed by atoms with Crippen LogP contribution in [0.2, 0.25) is 0 Å². The van der Waals surface area contributed by atoms with E-state index in [9.17, 15) is 18.0 Å². The molecule has 2 aliphatic rings. The number of morpholine rings is 1. The maximum Gasteiger partial charge on any atom is 0.321 e. The highest BCUT2D eigenvalue weighted by molar-refractivity contribution is 7.86. The first-order valence-electron chi connectivity index (χ1n) is 10.1. The van der Waals surface area contributed by atoms with E-state index < -0.39 is 10.2 Å². The minimum absolute atomic E-state index is 0.199. The summed E-state index contributed by atoms with van der Waals surface area (Å²) >= 11 is 0. The summed E-state index contributed by atoms with van der Waals surface area (Å²) in [7, 11) is -3.54. The van der Waals surface area contributed by atoms with Gasteiger partial charge in [-0.2, -0.15) is 17.0 Å². The fraction of sp³-hybridized carbons (Fsp3) is 0.579. The molecule has 2 heterocycles. The topological polar surface area (TPSA) is 111 Å². The Balaban J connectivity index is 1.59. The molecule has 30 heavy (non-hydrogen) atoms. The number of hydrogen-bond donors (Lipinski definition) is 2. The average Bonchev–Trinajstić information content (AvgIpc) is 2.76. The number of hydrogen-bond acceptors (Lipinski definition) is 5. The second kappa shape index (κ2) is 9.73. The summed E-state index contributed by atoms with van der Waals surface area (Å²) in [5, 5.41) is 5.58. The van der Waals surface area contributed by atoms with E-state index in [1.807, 2.05) is 13.8 Å². The number of nitrogens with one attached hydrogen (secondary N) is 2. The monoisotopic (exact) mass is 439 g/mol. The van der Waals surface area contributed by atoms with Gasteiger partial charge in [0.05, 0.1) is 13.2 Å². The minimum Gasteiger partial charge on any atom is -0.379 e. The zero-order valence-corrected chi connectivity index (χ0v) is 18.2. The molecule has 0 spiro atoms. The lowest BCUT2D eigenvalue weighted by Gasteiger charge is -2.37. The molecule has 3 rings (SSSR count). The molecule has 2 saturated heterocycles. The van der Waals surface area contributed by atoms with Crippen LogP contribution in [0.4, 0.5) is 10.5 Å². The van der Waals surface area contributed by atoms with Gasteiger partial charge in [0, 0.05) is 57.1 Å². The van der Waals surface area contributed by atoms with E-state index in [-0.39, 0.29) is 25.0 Å². The van der Waals surface area contributed by atoms with Gasteiger partial charge in [0.15, 0.2) is 0 Å². The van der Waals surface area contributed by atoms with Crippen LogP contribution < -0.4 is 10.6 Å². The van der Waals surface area contributed by atoms with Crippen molar-refractivity contribution >= 4 is 27.8 Å². The fourth-order valence-electron chi connectivity index (χ4n) is 3.42. The molecule has 0 unspecified atom stereocenters. The van der Waals surface area contributed by atoms with Gasteiger partial charge >= 0.3 is 6.03 Å². The molecule has 0 aliphatic carbocycles. The first-order chi connectivity index (χ1) is 14.3. The molecule has 0 atom stereocenters. The number of rotatable bonds is 5. The summed E-state index contributed by atoms with van der Waals surface area (Å²) in [6.07, 6.45) is 0. The van der Waals surface area contributed by atoms with Gasteiger partial charge in [0.1, 0.15) is 0 Å². The summed E-state index contributed by atoms with van der Waals surface area (Å²) in [6.45, 7) is 6.79. The number of carbonyl (C=O) groups is 2. The second-order valence-corrected chi connectivity index (χ2v) is 9.15. The van der Waals surface area contributed by atoms with E-state index in [0.717, 1.165) is 5.56 Å². The predicted octanol–water partition coefficient (Wildman–Crippen LogP) is 0.471. The highest BCUT2D eigenvalue weighted by atomic mass is 32.2. The molecule has 10 nitrogen and oxygen atoms in total. The second-order valence-electron chi connectivity index (χ2n) is 7.22. The third-order valence-electron chi connectivity index (χ3n) is 5.23. The Morgan fingerprint density at radius 2 is 1.67 bits per heavy atom. The van der Waals surface area contributed by atoms with Crippen molar-refractivity contribution in [3.63, 3.8) is 0 Å². The zero-order valence-electron chi connectivity index (χ0n) is 17.4. The van der Waals surface area contributed by atoms with Crippen LogP contribution in [-0.4, -0.2) is 92.9 Å². The third kappa shape index (κ3) is 5.09. The maximum absolute atomic E-state index is 12.7. The van der Waals surface area contributed by atoms with Crippen LogP contribution in [0, 0.1) is 6.92 Å². The van der Waals surface area contributed by atoms with Gasteiger partial charge in [0.25, 0.3) is 16.1 Å². The van der Waals surface area contributed by atoms with Gasteiger partial charge in [0.2, 0.25) is 0 Å². The Labute approximate surface area is 177 Å². The van der Waals surface area contributed by atoms with Crippen LogP contribution in [0.15, 0.2) is 18.2 Å². The van der Waals surface area contributed by atoms with E-state index in [2.05, 4.69) is 10.6 Å². The molecule has 0 radical (unpaired) electrons. The van der Waals surface area contributed by atoms with E-state index in [1.165, 1.54) is 8.61 Å². The van der Waals surface area contributed by atoms with E-state index in [1.54, 1.807) is 23.1 Å². The SMILES string of the molecule is CCNC(=O)c1ccc(C)c(NC(=O)N2CCN(S(=O)(=O)N3CCOCC3)CC2)c1. The first kappa shape index (κ1) is 22.5. The summed E-state index contributed by atoms with van der Waals surface area (Å²) in [6, 6.07) is 4.84. The minimum atomic E-state index is -3.54. The Hall–Kier alpha value is -2.21. The Bertz CT molecular complexity index is 877. The average molecular weight is 440 g/mol. The largest absolute Gasteiger partial charge is 0.379 e. The molecule has 2 N–H and O–H groups in total. The van der Waals surface area contributed by atoms with Gasteiger partial charge in [-0.3, -0.25) is 4.79 Å². The van der Waals surface area contributed by atoms with Gasteiger partial charge in [-0.25, -0.2) is 4.79 Å². The smallest absolute Gasteiger partial charge is 0.321 e. The van der Waals surface area contributed by atoms with Gasteiger partial charge in [-0.1, -0.05) is 6.07 Å². The molecule has 2 aliphatic heterocycles. The molecule has 166 valence electrons. The number of aryl methyl sites for hydroxylation is 1. The molecule has 1 aromatic carbocycles. The van der Waals surface area contributed by atoms with Crippen molar-refractivity contribution < 1.29 is 22.7 Å². The highest BCUT2D eigenvalue weighted by Crippen LogP contribution is 2.19. The zero-order chi connectivity index (χ0) is 21.7. The predicted molar refractivity (Wildman–Crippen MR) is 113 cm³/mol. The van der Waals surface area contributed by atoms with Gasteiger partial charge in [-0.15, -0.1) is 0 Å².